The Balaban J connectivity index is 1.86. The van der Waals surface area contributed by atoms with Gasteiger partial charge in [-0.25, -0.2) is 0 Å². The van der Waals surface area contributed by atoms with Crippen LogP contribution in [0.15, 0.2) is 30.6 Å². The molecular weight excluding hydrogens is 266 g/mol. The Morgan fingerprint density at radius 1 is 1.38 bits per heavy atom. The molecular formula is C15H19N5O. The molecule has 0 spiro atoms. The molecule has 0 radical (unpaired) electrons. The number of rotatable bonds is 3. The highest BCUT2D eigenvalue weighted by Crippen LogP contribution is 2.27. The fourth-order valence-corrected chi connectivity index (χ4v) is 2.70. The van der Waals surface area contributed by atoms with Gasteiger partial charge in [0.25, 0.3) is 0 Å². The smallest absolute Gasteiger partial charge is 0.229 e. The lowest BCUT2D eigenvalue weighted by Gasteiger charge is -2.16. The van der Waals surface area contributed by atoms with Gasteiger partial charge in [-0.15, -0.1) is 10.2 Å². The molecule has 0 aliphatic carbocycles. The maximum absolute atomic E-state index is 12.4. The van der Waals surface area contributed by atoms with Crippen LogP contribution >= 0.6 is 0 Å². The van der Waals surface area contributed by atoms with Crippen molar-refractivity contribution in [3.63, 3.8) is 0 Å². The number of amides is 1. The molecule has 3 rings (SSSR count). The molecule has 0 bridgehead atoms. The molecule has 1 amide bonds. The zero-order valence-electron chi connectivity index (χ0n) is 12.2. The molecule has 2 N–H and O–H groups in total. The zero-order chi connectivity index (χ0) is 14.8. The quantitative estimate of drug-likeness (QED) is 0.891. The van der Waals surface area contributed by atoms with Crippen molar-refractivity contribution in [3.05, 3.63) is 30.6 Å². The molecule has 1 aliphatic heterocycles. The second-order valence-electron chi connectivity index (χ2n) is 5.54. The first-order valence-electron chi connectivity index (χ1n) is 7.12. The van der Waals surface area contributed by atoms with Crippen LogP contribution in [0.3, 0.4) is 0 Å². The largest absolute Gasteiger partial charge is 0.325 e. The zero-order valence-corrected chi connectivity index (χ0v) is 12.2. The summed E-state index contributed by atoms with van der Waals surface area (Å²) in [5, 5.41) is 14.3. The number of carbonyl (C=O) groups is 1. The molecule has 1 aliphatic rings. The Morgan fingerprint density at radius 3 is 2.86 bits per heavy atom. The molecule has 1 fully saturated rings. The Bertz CT molecular complexity index is 651. The van der Waals surface area contributed by atoms with Crippen molar-refractivity contribution in [3.8, 4) is 11.4 Å². The Labute approximate surface area is 123 Å². The van der Waals surface area contributed by atoms with Crippen LogP contribution in [0.2, 0.25) is 0 Å². The van der Waals surface area contributed by atoms with Gasteiger partial charge in [0.1, 0.15) is 6.33 Å². The fraction of sp³-hybridized carbons (Fsp3) is 0.400. The monoisotopic (exact) mass is 285 g/mol. The lowest BCUT2D eigenvalue weighted by atomic mass is 9.97. The van der Waals surface area contributed by atoms with E-state index in [2.05, 4.69) is 27.8 Å². The molecule has 6 heteroatoms. The van der Waals surface area contributed by atoms with E-state index in [0.717, 1.165) is 30.2 Å². The first-order valence-corrected chi connectivity index (χ1v) is 7.12. The van der Waals surface area contributed by atoms with E-state index in [1.54, 1.807) is 6.33 Å². The van der Waals surface area contributed by atoms with Gasteiger partial charge in [-0.2, -0.15) is 0 Å². The van der Waals surface area contributed by atoms with Gasteiger partial charge in [-0.1, -0.05) is 19.1 Å². The van der Waals surface area contributed by atoms with Crippen LogP contribution in [-0.4, -0.2) is 33.8 Å². The summed E-state index contributed by atoms with van der Waals surface area (Å²) < 4.78 is 1.84. The van der Waals surface area contributed by atoms with Crippen LogP contribution < -0.4 is 10.6 Å². The second-order valence-corrected chi connectivity index (χ2v) is 5.54. The third kappa shape index (κ3) is 2.67. The molecule has 0 saturated carbocycles. The number of aromatic nitrogens is 3. The minimum absolute atomic E-state index is 0.0116. The lowest BCUT2D eigenvalue weighted by molar-refractivity contribution is -0.120. The van der Waals surface area contributed by atoms with E-state index in [1.165, 1.54) is 0 Å². The van der Waals surface area contributed by atoms with Crippen LogP contribution in [0.25, 0.3) is 11.4 Å². The van der Waals surface area contributed by atoms with Gasteiger partial charge >= 0.3 is 0 Å². The number of benzene rings is 1. The summed E-state index contributed by atoms with van der Waals surface area (Å²) in [6.07, 6.45) is 1.65. The predicted octanol–water partition coefficient (Wildman–Crippen LogP) is 1.28. The van der Waals surface area contributed by atoms with Crippen LogP contribution in [-0.2, 0) is 11.8 Å². The van der Waals surface area contributed by atoms with Gasteiger partial charge in [0.15, 0.2) is 5.82 Å². The van der Waals surface area contributed by atoms with E-state index in [1.807, 2.05) is 35.9 Å². The van der Waals surface area contributed by atoms with Gasteiger partial charge in [-0.3, -0.25) is 4.79 Å². The topological polar surface area (TPSA) is 71.8 Å². The summed E-state index contributed by atoms with van der Waals surface area (Å²) in [5.41, 5.74) is 1.65. The number of para-hydroxylation sites is 1. The normalized spacial score (nSPS) is 21.4. The van der Waals surface area contributed by atoms with Crippen molar-refractivity contribution in [1.29, 1.82) is 0 Å². The second kappa shape index (κ2) is 5.65. The summed E-state index contributed by atoms with van der Waals surface area (Å²) >= 11 is 0. The number of aryl methyl sites for hydroxylation is 1. The number of carbonyl (C=O) groups excluding carboxylic acids is 1. The summed E-state index contributed by atoms with van der Waals surface area (Å²) in [7, 11) is 1.89. The molecule has 2 aromatic rings. The van der Waals surface area contributed by atoms with Crippen molar-refractivity contribution in [2.24, 2.45) is 18.9 Å². The van der Waals surface area contributed by atoms with Gasteiger partial charge in [-0.05, 0) is 24.6 Å². The van der Waals surface area contributed by atoms with Crippen molar-refractivity contribution in [1.82, 2.24) is 20.1 Å². The number of hydrogen-bond donors (Lipinski definition) is 2. The summed E-state index contributed by atoms with van der Waals surface area (Å²) in [5.74, 6) is 1.16. The Morgan fingerprint density at radius 2 is 2.19 bits per heavy atom. The highest BCUT2D eigenvalue weighted by atomic mass is 16.1. The van der Waals surface area contributed by atoms with E-state index >= 15 is 0 Å². The van der Waals surface area contributed by atoms with Crippen molar-refractivity contribution in [2.45, 2.75) is 6.92 Å². The molecule has 110 valence electrons. The Kier molecular flexibility index (Phi) is 3.70. The molecule has 2 atom stereocenters. The average Bonchev–Trinajstić information content (AvgIpc) is 3.08. The lowest BCUT2D eigenvalue weighted by Crippen LogP contribution is -2.28. The minimum Gasteiger partial charge on any atom is -0.325 e. The first-order chi connectivity index (χ1) is 10.2. The molecule has 1 aromatic heterocycles. The van der Waals surface area contributed by atoms with Gasteiger partial charge in [0, 0.05) is 19.2 Å². The van der Waals surface area contributed by atoms with Crippen LogP contribution in [0.1, 0.15) is 6.92 Å². The molecule has 2 heterocycles. The number of anilines is 1. The van der Waals surface area contributed by atoms with Crippen molar-refractivity contribution < 1.29 is 4.79 Å². The van der Waals surface area contributed by atoms with E-state index < -0.39 is 0 Å². The number of hydrogen-bond acceptors (Lipinski definition) is 4. The third-order valence-electron chi connectivity index (χ3n) is 3.99. The van der Waals surface area contributed by atoms with E-state index in [9.17, 15) is 4.79 Å². The SMILES string of the molecule is CC1CNCC1C(=O)Nc1ccccc1-c1nncn1C. The molecule has 6 nitrogen and oxygen atoms in total. The minimum atomic E-state index is 0.0116. The van der Waals surface area contributed by atoms with Gasteiger partial charge < -0.3 is 15.2 Å². The van der Waals surface area contributed by atoms with Crippen LogP contribution in [0.5, 0.6) is 0 Å². The summed E-state index contributed by atoms with van der Waals surface area (Å²) in [6, 6.07) is 7.68. The summed E-state index contributed by atoms with van der Waals surface area (Å²) in [4.78, 5) is 12.4. The standard InChI is InChI=1S/C15H19N5O/c1-10-7-16-8-12(10)15(21)18-13-6-4-3-5-11(13)14-19-17-9-20(14)2/h3-6,9-10,12,16H,7-8H2,1-2H3,(H,18,21). The molecule has 1 saturated heterocycles. The van der Waals surface area contributed by atoms with Gasteiger partial charge in [0.05, 0.1) is 11.6 Å². The van der Waals surface area contributed by atoms with Crippen LogP contribution in [0.4, 0.5) is 5.69 Å². The maximum atomic E-state index is 12.4. The molecule has 1 aromatic carbocycles. The van der Waals surface area contributed by atoms with E-state index in [4.69, 9.17) is 0 Å². The van der Waals surface area contributed by atoms with Gasteiger partial charge in [0.2, 0.25) is 5.91 Å². The fourth-order valence-electron chi connectivity index (χ4n) is 2.70. The average molecular weight is 285 g/mol. The molecule has 2 unspecified atom stereocenters. The third-order valence-corrected chi connectivity index (χ3v) is 3.99. The number of nitrogens with one attached hydrogen (secondary N) is 2. The van der Waals surface area contributed by atoms with Crippen molar-refractivity contribution >= 4 is 11.6 Å². The van der Waals surface area contributed by atoms with Crippen molar-refractivity contribution in [2.75, 3.05) is 18.4 Å². The van der Waals surface area contributed by atoms with E-state index in [-0.39, 0.29) is 11.8 Å². The highest BCUT2D eigenvalue weighted by molar-refractivity contribution is 5.96. The molecule has 21 heavy (non-hydrogen) atoms. The van der Waals surface area contributed by atoms with Crippen LogP contribution in [0, 0.1) is 11.8 Å². The first kappa shape index (κ1) is 13.8. The summed E-state index contributed by atoms with van der Waals surface area (Å²) in [6.45, 7) is 3.72. The number of nitrogens with zero attached hydrogens (tertiary/aromatic N) is 3. The Hall–Kier alpha value is -2.21. The van der Waals surface area contributed by atoms with E-state index in [0.29, 0.717) is 5.92 Å². The predicted molar refractivity (Wildman–Crippen MR) is 80.6 cm³/mol. The highest BCUT2D eigenvalue weighted by Gasteiger charge is 2.30. The maximum Gasteiger partial charge on any atom is 0.229 e.